The second-order valence-electron chi connectivity index (χ2n) is 7.40. The highest BCUT2D eigenvalue weighted by atomic mass is 16.5. The molecule has 3 aromatic rings. The van der Waals surface area contributed by atoms with Crippen LogP contribution in [0.1, 0.15) is 37.2 Å². The Morgan fingerprint density at radius 1 is 1.07 bits per heavy atom. The lowest BCUT2D eigenvalue weighted by molar-refractivity contribution is 0.318. The van der Waals surface area contributed by atoms with E-state index in [1.54, 1.807) is 7.11 Å². The molecule has 2 aromatic carbocycles. The van der Waals surface area contributed by atoms with E-state index in [9.17, 15) is 0 Å². The topological polar surface area (TPSA) is 68.3 Å². The SMILES string of the molecule is CNCCOc1ccc(Nc2ncc3ccc(OC)c(C4CCCC4)c3n2)cc1. The molecule has 152 valence electrons. The summed E-state index contributed by atoms with van der Waals surface area (Å²) in [6.07, 6.45) is 6.80. The summed E-state index contributed by atoms with van der Waals surface area (Å²) in [5.41, 5.74) is 3.14. The first-order chi connectivity index (χ1) is 14.3. The lowest BCUT2D eigenvalue weighted by Gasteiger charge is -2.17. The maximum absolute atomic E-state index is 5.68. The molecule has 1 fully saturated rings. The minimum atomic E-state index is 0.505. The molecular formula is C23H28N4O2. The zero-order valence-electron chi connectivity index (χ0n) is 17.1. The fourth-order valence-electron chi connectivity index (χ4n) is 3.98. The molecular weight excluding hydrogens is 364 g/mol. The van der Waals surface area contributed by atoms with E-state index in [0.29, 0.717) is 18.5 Å². The number of hydrogen-bond donors (Lipinski definition) is 2. The summed E-state index contributed by atoms with van der Waals surface area (Å²) >= 11 is 0. The Kier molecular flexibility index (Phi) is 6.10. The van der Waals surface area contributed by atoms with Crippen LogP contribution in [-0.2, 0) is 0 Å². The number of nitrogens with zero attached hydrogens (tertiary/aromatic N) is 2. The molecule has 1 aliphatic carbocycles. The molecule has 1 aliphatic rings. The van der Waals surface area contributed by atoms with Crippen LogP contribution in [0.15, 0.2) is 42.6 Å². The molecule has 0 unspecified atom stereocenters. The van der Waals surface area contributed by atoms with Crippen molar-refractivity contribution in [3.8, 4) is 11.5 Å². The lowest BCUT2D eigenvalue weighted by Crippen LogP contribution is -2.15. The van der Waals surface area contributed by atoms with Gasteiger partial charge in [-0.25, -0.2) is 9.97 Å². The van der Waals surface area contributed by atoms with Crippen molar-refractivity contribution in [1.82, 2.24) is 15.3 Å². The van der Waals surface area contributed by atoms with Crippen molar-refractivity contribution in [2.75, 3.05) is 32.6 Å². The highest BCUT2D eigenvalue weighted by Crippen LogP contribution is 2.42. The van der Waals surface area contributed by atoms with Gasteiger partial charge >= 0.3 is 0 Å². The number of ether oxygens (including phenoxy) is 2. The molecule has 0 radical (unpaired) electrons. The Morgan fingerprint density at radius 3 is 2.59 bits per heavy atom. The van der Waals surface area contributed by atoms with Gasteiger partial charge in [-0.15, -0.1) is 0 Å². The Labute approximate surface area is 171 Å². The third-order valence-electron chi connectivity index (χ3n) is 5.47. The van der Waals surface area contributed by atoms with Crippen molar-refractivity contribution >= 4 is 22.5 Å². The highest BCUT2D eigenvalue weighted by Gasteiger charge is 2.24. The van der Waals surface area contributed by atoms with Gasteiger partial charge in [0.25, 0.3) is 0 Å². The first-order valence-corrected chi connectivity index (χ1v) is 10.3. The van der Waals surface area contributed by atoms with E-state index < -0.39 is 0 Å². The zero-order valence-corrected chi connectivity index (χ0v) is 17.1. The Bertz CT molecular complexity index is 953. The molecule has 0 atom stereocenters. The van der Waals surface area contributed by atoms with E-state index >= 15 is 0 Å². The van der Waals surface area contributed by atoms with Gasteiger partial charge in [0.15, 0.2) is 0 Å². The number of anilines is 2. The van der Waals surface area contributed by atoms with Gasteiger partial charge in [0.1, 0.15) is 18.1 Å². The third-order valence-corrected chi connectivity index (χ3v) is 5.47. The van der Waals surface area contributed by atoms with Gasteiger partial charge in [0.05, 0.1) is 12.6 Å². The van der Waals surface area contributed by atoms with E-state index in [2.05, 4.69) is 15.6 Å². The average molecular weight is 393 g/mol. The monoisotopic (exact) mass is 392 g/mol. The van der Waals surface area contributed by atoms with Gasteiger partial charge in [0, 0.05) is 29.4 Å². The minimum absolute atomic E-state index is 0.505. The van der Waals surface area contributed by atoms with Crippen LogP contribution in [0.5, 0.6) is 11.5 Å². The van der Waals surface area contributed by atoms with Crippen LogP contribution in [-0.4, -0.2) is 37.3 Å². The number of nitrogens with one attached hydrogen (secondary N) is 2. The first-order valence-electron chi connectivity index (χ1n) is 10.3. The molecule has 29 heavy (non-hydrogen) atoms. The second kappa shape index (κ2) is 9.09. The third kappa shape index (κ3) is 4.43. The van der Waals surface area contributed by atoms with Crippen molar-refractivity contribution in [3.05, 3.63) is 48.2 Å². The fraction of sp³-hybridized carbons (Fsp3) is 0.391. The minimum Gasteiger partial charge on any atom is -0.496 e. The van der Waals surface area contributed by atoms with E-state index in [-0.39, 0.29) is 0 Å². The highest BCUT2D eigenvalue weighted by molar-refractivity contribution is 5.85. The summed E-state index contributed by atoms with van der Waals surface area (Å²) in [6.45, 7) is 1.46. The van der Waals surface area contributed by atoms with Crippen LogP contribution in [0.3, 0.4) is 0 Å². The first kappa shape index (κ1) is 19.5. The summed E-state index contributed by atoms with van der Waals surface area (Å²) < 4.78 is 11.4. The number of methoxy groups -OCH3 is 1. The number of hydrogen-bond acceptors (Lipinski definition) is 6. The Balaban J connectivity index is 1.59. The summed E-state index contributed by atoms with van der Waals surface area (Å²) in [6, 6.07) is 11.9. The van der Waals surface area contributed by atoms with E-state index in [4.69, 9.17) is 14.5 Å². The van der Waals surface area contributed by atoms with Gasteiger partial charge in [0.2, 0.25) is 5.95 Å². The maximum atomic E-state index is 5.68. The van der Waals surface area contributed by atoms with Gasteiger partial charge in [-0.3, -0.25) is 0 Å². The van der Waals surface area contributed by atoms with Crippen LogP contribution in [0.2, 0.25) is 0 Å². The van der Waals surface area contributed by atoms with Crippen LogP contribution < -0.4 is 20.1 Å². The van der Waals surface area contributed by atoms with Crippen molar-refractivity contribution in [2.45, 2.75) is 31.6 Å². The van der Waals surface area contributed by atoms with Gasteiger partial charge in [-0.2, -0.15) is 0 Å². The molecule has 0 bridgehead atoms. The molecule has 1 heterocycles. The summed E-state index contributed by atoms with van der Waals surface area (Å²) in [5, 5.41) is 7.43. The standard InChI is InChI=1S/C23H28N4O2/c1-24-13-14-29-19-10-8-18(9-11-19)26-23-25-15-17-7-12-20(28-2)21(22(17)27-23)16-5-3-4-6-16/h7-12,15-16,24H,3-6,13-14H2,1-2H3,(H,25,26,27). The largest absolute Gasteiger partial charge is 0.496 e. The molecule has 0 spiro atoms. The molecule has 0 saturated heterocycles. The summed E-state index contributed by atoms with van der Waals surface area (Å²) in [5.74, 6) is 2.87. The van der Waals surface area contributed by atoms with Crippen molar-refractivity contribution in [3.63, 3.8) is 0 Å². The molecule has 6 nitrogen and oxygen atoms in total. The van der Waals surface area contributed by atoms with Crippen LogP contribution >= 0.6 is 0 Å². The Morgan fingerprint density at radius 2 is 1.86 bits per heavy atom. The zero-order chi connectivity index (χ0) is 20.1. The number of rotatable bonds is 8. The molecule has 0 amide bonds. The van der Waals surface area contributed by atoms with Crippen LogP contribution in [0, 0.1) is 0 Å². The van der Waals surface area contributed by atoms with Gasteiger partial charge < -0.3 is 20.1 Å². The van der Waals surface area contributed by atoms with E-state index in [0.717, 1.165) is 34.6 Å². The molecule has 1 saturated carbocycles. The quantitative estimate of drug-likeness (QED) is 0.545. The fourth-order valence-corrected chi connectivity index (χ4v) is 3.98. The Hall–Kier alpha value is -2.86. The van der Waals surface area contributed by atoms with E-state index in [1.807, 2.05) is 49.6 Å². The van der Waals surface area contributed by atoms with Crippen molar-refractivity contribution in [2.24, 2.45) is 0 Å². The number of aromatic nitrogens is 2. The molecule has 2 N–H and O–H groups in total. The molecule has 0 aliphatic heterocycles. The molecule has 1 aromatic heterocycles. The number of fused-ring (bicyclic) bond motifs is 1. The number of benzene rings is 2. The number of likely N-dealkylation sites (N-methyl/N-ethyl adjacent to an activating group) is 1. The predicted octanol–water partition coefficient (Wildman–Crippen LogP) is 4.64. The van der Waals surface area contributed by atoms with Crippen LogP contribution in [0.4, 0.5) is 11.6 Å². The molecule has 6 heteroatoms. The maximum Gasteiger partial charge on any atom is 0.227 e. The second-order valence-corrected chi connectivity index (χ2v) is 7.40. The van der Waals surface area contributed by atoms with Crippen molar-refractivity contribution in [1.29, 1.82) is 0 Å². The molecule has 4 rings (SSSR count). The van der Waals surface area contributed by atoms with Crippen LogP contribution in [0.25, 0.3) is 10.9 Å². The summed E-state index contributed by atoms with van der Waals surface area (Å²) in [7, 11) is 3.65. The van der Waals surface area contributed by atoms with Crippen molar-refractivity contribution < 1.29 is 9.47 Å². The van der Waals surface area contributed by atoms with Gasteiger partial charge in [-0.1, -0.05) is 12.8 Å². The van der Waals surface area contributed by atoms with E-state index in [1.165, 1.54) is 31.2 Å². The lowest BCUT2D eigenvalue weighted by atomic mass is 9.94. The smallest absolute Gasteiger partial charge is 0.227 e. The van der Waals surface area contributed by atoms with Gasteiger partial charge in [-0.05, 0) is 62.2 Å². The normalized spacial score (nSPS) is 14.3. The average Bonchev–Trinajstić information content (AvgIpc) is 3.28. The predicted molar refractivity (Wildman–Crippen MR) is 116 cm³/mol. The summed E-state index contributed by atoms with van der Waals surface area (Å²) in [4.78, 5) is 9.37.